The van der Waals surface area contributed by atoms with Crippen molar-refractivity contribution >= 4 is 22.5 Å². The summed E-state index contributed by atoms with van der Waals surface area (Å²) >= 11 is 0. The second-order valence-electron chi connectivity index (χ2n) is 8.43. The van der Waals surface area contributed by atoms with Crippen LogP contribution < -0.4 is 10.2 Å². The normalized spacial score (nSPS) is 19.0. The molecule has 2 fully saturated rings. The Kier molecular flexibility index (Phi) is 4.46. The van der Waals surface area contributed by atoms with Crippen LogP contribution in [0.1, 0.15) is 48.5 Å². The van der Waals surface area contributed by atoms with Gasteiger partial charge in [0.15, 0.2) is 5.82 Å². The average Bonchev–Trinajstić information content (AvgIpc) is 3.44. The second kappa shape index (κ2) is 7.14. The highest BCUT2D eigenvalue weighted by molar-refractivity contribution is 5.98. The van der Waals surface area contributed by atoms with Gasteiger partial charge in [0.2, 0.25) is 0 Å². The molecular formula is C24H26N4O. The Morgan fingerprint density at radius 2 is 2.00 bits per heavy atom. The van der Waals surface area contributed by atoms with Gasteiger partial charge in [0, 0.05) is 35.0 Å². The molecular weight excluding hydrogens is 360 g/mol. The predicted octanol–water partition coefficient (Wildman–Crippen LogP) is 4.49. The topological polar surface area (TPSA) is 58.1 Å². The van der Waals surface area contributed by atoms with E-state index in [2.05, 4.69) is 52.5 Å². The van der Waals surface area contributed by atoms with E-state index in [9.17, 15) is 4.79 Å². The van der Waals surface area contributed by atoms with E-state index in [1.54, 1.807) is 0 Å². The number of rotatable bonds is 4. The molecule has 1 N–H and O–H groups in total. The number of carbonyl (C=O) groups is 1. The molecule has 1 saturated carbocycles. The molecule has 2 aliphatic rings. The lowest BCUT2D eigenvalue weighted by Gasteiger charge is -2.23. The van der Waals surface area contributed by atoms with E-state index in [4.69, 9.17) is 0 Å². The summed E-state index contributed by atoms with van der Waals surface area (Å²) in [6.07, 6.45) is 6.42. The maximum Gasteiger partial charge on any atom is 0.251 e. The lowest BCUT2D eigenvalue weighted by atomic mass is 9.96. The molecule has 0 bridgehead atoms. The van der Waals surface area contributed by atoms with Crippen molar-refractivity contribution in [1.29, 1.82) is 0 Å². The minimum absolute atomic E-state index is 0.0192. The fourth-order valence-electron chi connectivity index (χ4n) is 4.27. The van der Waals surface area contributed by atoms with Crippen molar-refractivity contribution in [2.24, 2.45) is 0 Å². The van der Waals surface area contributed by atoms with Crippen molar-refractivity contribution in [1.82, 2.24) is 15.5 Å². The van der Waals surface area contributed by atoms with Crippen LogP contribution in [0.3, 0.4) is 0 Å². The Morgan fingerprint density at radius 3 is 2.76 bits per heavy atom. The zero-order valence-electron chi connectivity index (χ0n) is 17.0. The second-order valence-corrected chi connectivity index (χ2v) is 8.43. The minimum Gasteiger partial charge on any atom is -0.352 e. The van der Waals surface area contributed by atoms with Gasteiger partial charge in [-0.3, -0.25) is 4.79 Å². The van der Waals surface area contributed by atoms with Crippen LogP contribution in [-0.2, 0) is 0 Å². The van der Waals surface area contributed by atoms with Gasteiger partial charge in [-0.2, -0.15) is 5.10 Å². The summed E-state index contributed by atoms with van der Waals surface area (Å²) in [6.45, 7) is 5.38. The van der Waals surface area contributed by atoms with Gasteiger partial charge in [-0.15, -0.1) is 5.10 Å². The molecule has 1 aliphatic heterocycles. The van der Waals surface area contributed by atoms with Crippen molar-refractivity contribution in [2.45, 2.75) is 51.6 Å². The van der Waals surface area contributed by atoms with Crippen LogP contribution in [0.25, 0.3) is 21.9 Å². The number of aryl methyl sites for hydroxylation is 1. The van der Waals surface area contributed by atoms with Gasteiger partial charge < -0.3 is 10.2 Å². The number of nitrogens with one attached hydrogen (secondary N) is 1. The molecule has 29 heavy (non-hydrogen) atoms. The quantitative estimate of drug-likeness (QED) is 0.718. The van der Waals surface area contributed by atoms with Crippen LogP contribution in [0.2, 0.25) is 0 Å². The van der Waals surface area contributed by atoms with Crippen molar-refractivity contribution in [3.63, 3.8) is 0 Å². The molecule has 2 heterocycles. The number of aromatic nitrogens is 2. The van der Waals surface area contributed by atoms with E-state index >= 15 is 0 Å². The fourth-order valence-corrected chi connectivity index (χ4v) is 4.27. The van der Waals surface area contributed by atoms with Crippen molar-refractivity contribution in [3.8, 4) is 11.1 Å². The number of hydrogen-bond donors (Lipinski definition) is 1. The first kappa shape index (κ1) is 18.1. The largest absolute Gasteiger partial charge is 0.352 e. The number of nitrogens with zero attached hydrogens (tertiary/aromatic N) is 3. The Bertz CT molecular complexity index is 1090. The fraction of sp³-hybridized carbons (Fsp3) is 0.375. The zero-order chi connectivity index (χ0) is 20.0. The number of fused-ring (bicyclic) bond motifs is 1. The number of benzene rings is 2. The molecule has 3 aromatic rings. The summed E-state index contributed by atoms with van der Waals surface area (Å²) in [4.78, 5) is 14.9. The van der Waals surface area contributed by atoms with Gasteiger partial charge in [-0.25, -0.2) is 0 Å². The Hall–Kier alpha value is -2.95. The molecule has 1 amide bonds. The first-order chi connectivity index (χ1) is 14.1. The number of anilines is 1. The maximum absolute atomic E-state index is 12.5. The molecule has 0 spiro atoms. The maximum atomic E-state index is 12.5. The third-order valence-electron chi connectivity index (χ3n) is 6.19. The number of hydrogen-bond acceptors (Lipinski definition) is 4. The van der Waals surface area contributed by atoms with Crippen LogP contribution in [-0.4, -0.2) is 34.7 Å². The lowest BCUT2D eigenvalue weighted by Crippen LogP contribution is -2.27. The molecule has 1 aromatic heterocycles. The molecule has 2 aromatic carbocycles. The summed E-state index contributed by atoms with van der Waals surface area (Å²) < 4.78 is 0. The van der Waals surface area contributed by atoms with Gasteiger partial charge in [0.05, 0.1) is 6.20 Å². The number of amides is 1. The molecule has 5 heteroatoms. The average molecular weight is 386 g/mol. The van der Waals surface area contributed by atoms with Crippen molar-refractivity contribution in [3.05, 3.63) is 53.7 Å². The Labute approximate surface area is 171 Å². The molecule has 0 radical (unpaired) electrons. The standard InChI is InChI=1S/C24H26N4O/c1-15-5-6-18(24(29)26-20-8-9-20)13-22(15)17-7-10-21-19(12-17)14-25-27-23(21)28-11-3-4-16(28)2/h5-7,10,12-14,16,20H,3-4,8-9,11H2,1-2H3,(H,26,29). The van der Waals surface area contributed by atoms with Crippen molar-refractivity contribution in [2.75, 3.05) is 11.4 Å². The third-order valence-corrected chi connectivity index (χ3v) is 6.19. The predicted molar refractivity (Wildman–Crippen MR) is 116 cm³/mol. The van der Waals surface area contributed by atoms with E-state index in [1.165, 1.54) is 12.8 Å². The highest BCUT2D eigenvalue weighted by Crippen LogP contribution is 2.33. The highest BCUT2D eigenvalue weighted by Gasteiger charge is 2.25. The molecule has 1 aliphatic carbocycles. The molecule has 1 saturated heterocycles. The first-order valence-electron chi connectivity index (χ1n) is 10.5. The van der Waals surface area contributed by atoms with Crippen LogP contribution in [0, 0.1) is 6.92 Å². The smallest absolute Gasteiger partial charge is 0.251 e. The molecule has 148 valence electrons. The van der Waals surface area contributed by atoms with Gasteiger partial charge >= 0.3 is 0 Å². The Morgan fingerprint density at radius 1 is 1.14 bits per heavy atom. The molecule has 1 unspecified atom stereocenters. The van der Waals surface area contributed by atoms with Gasteiger partial charge in [0.25, 0.3) is 5.91 Å². The van der Waals surface area contributed by atoms with E-state index in [-0.39, 0.29) is 5.91 Å². The number of carbonyl (C=O) groups excluding carboxylic acids is 1. The van der Waals surface area contributed by atoms with Crippen LogP contribution in [0.15, 0.2) is 42.6 Å². The lowest BCUT2D eigenvalue weighted by molar-refractivity contribution is 0.0951. The van der Waals surface area contributed by atoms with Gasteiger partial charge in [0.1, 0.15) is 0 Å². The SMILES string of the molecule is Cc1ccc(C(=O)NC2CC2)cc1-c1ccc2c(N3CCCC3C)nncc2c1. The van der Waals surface area contributed by atoms with Crippen LogP contribution in [0.4, 0.5) is 5.82 Å². The third kappa shape index (κ3) is 3.46. The van der Waals surface area contributed by atoms with Crippen LogP contribution in [0.5, 0.6) is 0 Å². The van der Waals surface area contributed by atoms with E-state index in [1.807, 2.05) is 24.4 Å². The Balaban J connectivity index is 1.53. The highest BCUT2D eigenvalue weighted by atomic mass is 16.1. The summed E-state index contributed by atoms with van der Waals surface area (Å²) in [7, 11) is 0. The van der Waals surface area contributed by atoms with E-state index in [0.29, 0.717) is 12.1 Å². The zero-order valence-corrected chi connectivity index (χ0v) is 17.0. The summed E-state index contributed by atoms with van der Waals surface area (Å²) in [5.74, 6) is 0.999. The summed E-state index contributed by atoms with van der Waals surface area (Å²) in [6, 6.07) is 13.3. The minimum atomic E-state index is 0.0192. The summed E-state index contributed by atoms with van der Waals surface area (Å²) in [5, 5.41) is 14.0. The van der Waals surface area contributed by atoms with E-state index in [0.717, 1.165) is 58.2 Å². The van der Waals surface area contributed by atoms with Gasteiger partial charge in [-0.1, -0.05) is 12.1 Å². The first-order valence-corrected chi connectivity index (χ1v) is 10.5. The molecule has 1 atom stereocenters. The monoisotopic (exact) mass is 386 g/mol. The van der Waals surface area contributed by atoms with Crippen LogP contribution >= 0.6 is 0 Å². The van der Waals surface area contributed by atoms with Gasteiger partial charge in [-0.05, 0) is 80.5 Å². The summed E-state index contributed by atoms with van der Waals surface area (Å²) in [5.41, 5.74) is 4.06. The molecule has 5 rings (SSSR count). The molecule has 5 nitrogen and oxygen atoms in total. The van der Waals surface area contributed by atoms with E-state index < -0.39 is 0 Å². The van der Waals surface area contributed by atoms with Crippen molar-refractivity contribution < 1.29 is 4.79 Å².